The zero-order valence-corrected chi connectivity index (χ0v) is 10.8. The van der Waals surface area contributed by atoms with E-state index in [0.29, 0.717) is 21.7 Å². The fourth-order valence-corrected chi connectivity index (χ4v) is 2.76. The zero-order chi connectivity index (χ0) is 13.8. The van der Waals surface area contributed by atoms with Crippen LogP contribution in [-0.2, 0) is 16.6 Å². The van der Waals surface area contributed by atoms with Crippen LogP contribution in [0.1, 0.15) is 11.1 Å². The van der Waals surface area contributed by atoms with Crippen molar-refractivity contribution < 1.29 is 8.60 Å². The molecule has 1 atom stereocenters. The van der Waals surface area contributed by atoms with Gasteiger partial charge in [-0.05, 0) is 48.0 Å². The Kier molecular flexibility index (Phi) is 3.93. The molecular weight excluding hydrogens is 263 g/mol. The molecule has 0 aliphatic rings. The monoisotopic (exact) mass is 274 g/mol. The molecule has 0 bridgehead atoms. The molecule has 3 nitrogen and oxygen atoms in total. The maximum absolute atomic E-state index is 13.2. The molecule has 5 heteroatoms. The Labute approximate surface area is 112 Å². The molecular formula is C14H11FN2OS. The summed E-state index contributed by atoms with van der Waals surface area (Å²) in [4.78, 5) is 0.599. The van der Waals surface area contributed by atoms with Crippen LogP contribution in [0.5, 0.6) is 0 Å². The summed E-state index contributed by atoms with van der Waals surface area (Å²) in [5.41, 5.74) is 6.92. The molecule has 0 radical (unpaired) electrons. The second-order valence-electron chi connectivity index (χ2n) is 3.97. The first kappa shape index (κ1) is 13.2. The Bertz CT molecular complexity index is 662. The van der Waals surface area contributed by atoms with Gasteiger partial charge in [0.2, 0.25) is 0 Å². The van der Waals surface area contributed by atoms with Crippen molar-refractivity contribution >= 4 is 16.5 Å². The predicted molar refractivity (Wildman–Crippen MR) is 72.1 cm³/mol. The lowest BCUT2D eigenvalue weighted by Gasteiger charge is -2.05. The summed E-state index contributed by atoms with van der Waals surface area (Å²) in [6.45, 7) is 0. The first-order valence-electron chi connectivity index (χ1n) is 5.52. The highest BCUT2D eigenvalue weighted by molar-refractivity contribution is 7.84. The molecule has 0 aliphatic carbocycles. The first-order valence-corrected chi connectivity index (χ1v) is 6.84. The molecule has 0 fully saturated rings. The van der Waals surface area contributed by atoms with Crippen molar-refractivity contribution in [2.75, 3.05) is 5.73 Å². The quantitative estimate of drug-likeness (QED) is 0.875. The van der Waals surface area contributed by atoms with Gasteiger partial charge in [-0.1, -0.05) is 0 Å². The van der Waals surface area contributed by atoms with Gasteiger partial charge in [0.25, 0.3) is 0 Å². The van der Waals surface area contributed by atoms with Gasteiger partial charge in [-0.25, -0.2) is 4.39 Å². The topological polar surface area (TPSA) is 66.9 Å². The molecule has 2 aromatic carbocycles. The van der Waals surface area contributed by atoms with Crippen LogP contribution in [0.15, 0.2) is 47.4 Å². The Morgan fingerprint density at radius 3 is 2.53 bits per heavy atom. The van der Waals surface area contributed by atoms with E-state index in [2.05, 4.69) is 0 Å². The van der Waals surface area contributed by atoms with Crippen LogP contribution in [0.3, 0.4) is 0 Å². The average Bonchev–Trinajstić information content (AvgIpc) is 2.39. The smallest absolute Gasteiger partial charge is 0.123 e. The van der Waals surface area contributed by atoms with Crippen molar-refractivity contribution in [2.45, 2.75) is 10.6 Å². The number of nitrogen functional groups attached to an aromatic ring is 1. The summed E-state index contributed by atoms with van der Waals surface area (Å²) in [5, 5.41) is 8.94. The summed E-state index contributed by atoms with van der Waals surface area (Å²) < 4.78 is 25.3. The number of hydrogen-bond donors (Lipinski definition) is 1. The molecule has 0 saturated heterocycles. The lowest BCUT2D eigenvalue weighted by Crippen LogP contribution is -2.00. The van der Waals surface area contributed by atoms with E-state index in [1.54, 1.807) is 24.3 Å². The molecule has 0 spiro atoms. The largest absolute Gasteiger partial charge is 0.399 e. The molecule has 2 aromatic rings. The van der Waals surface area contributed by atoms with Crippen LogP contribution in [0.25, 0.3) is 0 Å². The van der Waals surface area contributed by atoms with Crippen molar-refractivity contribution in [1.29, 1.82) is 5.26 Å². The van der Waals surface area contributed by atoms with E-state index in [1.165, 1.54) is 18.2 Å². The van der Waals surface area contributed by atoms with Crippen molar-refractivity contribution in [1.82, 2.24) is 0 Å². The Morgan fingerprint density at radius 2 is 1.89 bits per heavy atom. The summed E-state index contributed by atoms with van der Waals surface area (Å²) >= 11 is 0. The molecule has 96 valence electrons. The highest BCUT2D eigenvalue weighted by atomic mass is 32.2. The van der Waals surface area contributed by atoms with Gasteiger partial charge in [-0.3, -0.25) is 4.21 Å². The van der Waals surface area contributed by atoms with Crippen molar-refractivity contribution in [3.05, 3.63) is 59.4 Å². The van der Waals surface area contributed by atoms with Gasteiger partial charge in [-0.2, -0.15) is 5.26 Å². The molecule has 0 saturated carbocycles. The van der Waals surface area contributed by atoms with E-state index in [4.69, 9.17) is 11.0 Å². The summed E-state index contributed by atoms with van der Waals surface area (Å²) in [5.74, 6) is -0.340. The number of nitriles is 1. The van der Waals surface area contributed by atoms with Gasteiger partial charge in [0.05, 0.1) is 28.2 Å². The predicted octanol–water partition coefficient (Wildman–Crippen LogP) is 2.59. The second-order valence-corrected chi connectivity index (χ2v) is 5.42. The lowest BCUT2D eigenvalue weighted by atomic mass is 10.1. The van der Waals surface area contributed by atoms with E-state index in [0.717, 1.165) is 0 Å². The van der Waals surface area contributed by atoms with Crippen LogP contribution in [0, 0.1) is 17.1 Å². The van der Waals surface area contributed by atoms with Gasteiger partial charge < -0.3 is 5.73 Å². The van der Waals surface area contributed by atoms with Crippen LogP contribution in [-0.4, -0.2) is 4.21 Å². The summed E-state index contributed by atoms with van der Waals surface area (Å²) in [6.07, 6.45) is 0. The highest BCUT2D eigenvalue weighted by Gasteiger charge is 2.10. The molecule has 0 aromatic heterocycles. The maximum atomic E-state index is 13.2. The van der Waals surface area contributed by atoms with E-state index >= 15 is 0 Å². The minimum Gasteiger partial charge on any atom is -0.399 e. The zero-order valence-electron chi connectivity index (χ0n) is 9.97. The number of rotatable bonds is 3. The van der Waals surface area contributed by atoms with E-state index in [9.17, 15) is 8.60 Å². The van der Waals surface area contributed by atoms with Crippen molar-refractivity contribution in [3.8, 4) is 6.07 Å². The molecule has 2 rings (SSSR count). The van der Waals surface area contributed by atoms with E-state index in [1.807, 2.05) is 6.07 Å². The number of nitrogens with two attached hydrogens (primary N) is 1. The van der Waals surface area contributed by atoms with E-state index < -0.39 is 16.6 Å². The molecule has 1 unspecified atom stereocenters. The number of benzene rings is 2. The van der Waals surface area contributed by atoms with Crippen molar-refractivity contribution in [2.24, 2.45) is 0 Å². The number of hydrogen-bond acceptors (Lipinski definition) is 3. The van der Waals surface area contributed by atoms with E-state index in [-0.39, 0.29) is 5.75 Å². The van der Waals surface area contributed by atoms with Crippen LogP contribution in [0.4, 0.5) is 10.1 Å². The standard InChI is InChI=1S/C14H11FN2OS/c15-12-2-1-10(8-16)11(7-12)9-19(18)14-5-3-13(17)4-6-14/h1-7H,9,17H2. The van der Waals surface area contributed by atoms with Gasteiger partial charge in [-0.15, -0.1) is 0 Å². The third kappa shape index (κ3) is 3.18. The Balaban J connectivity index is 2.26. The first-order chi connectivity index (χ1) is 9.10. The number of halogens is 1. The lowest BCUT2D eigenvalue weighted by molar-refractivity contribution is 0.626. The maximum Gasteiger partial charge on any atom is 0.123 e. The number of nitrogens with zero attached hydrogens (tertiary/aromatic N) is 1. The minimum atomic E-state index is -1.34. The fraction of sp³-hybridized carbons (Fsp3) is 0.0714. The Hall–Kier alpha value is -2.19. The summed E-state index contributed by atoms with van der Waals surface area (Å²) in [7, 11) is -1.34. The fourth-order valence-electron chi connectivity index (χ4n) is 1.63. The molecule has 2 N–H and O–H groups in total. The van der Waals surface area contributed by atoms with Crippen molar-refractivity contribution in [3.63, 3.8) is 0 Å². The third-order valence-corrected chi connectivity index (χ3v) is 3.99. The minimum absolute atomic E-state index is 0.102. The van der Waals surface area contributed by atoms with Crippen LogP contribution in [0.2, 0.25) is 0 Å². The SMILES string of the molecule is N#Cc1ccc(F)cc1CS(=O)c1ccc(N)cc1. The normalized spacial score (nSPS) is 11.8. The van der Waals surface area contributed by atoms with Gasteiger partial charge in [0, 0.05) is 10.6 Å². The third-order valence-electron chi connectivity index (χ3n) is 2.62. The van der Waals surface area contributed by atoms with Gasteiger partial charge in [0.1, 0.15) is 5.82 Å². The summed E-state index contributed by atoms with van der Waals surface area (Å²) in [6, 6.07) is 12.5. The van der Waals surface area contributed by atoms with Crippen LogP contribution < -0.4 is 5.73 Å². The molecule has 19 heavy (non-hydrogen) atoms. The average molecular weight is 274 g/mol. The van der Waals surface area contributed by atoms with Gasteiger partial charge in [0.15, 0.2) is 0 Å². The molecule has 0 heterocycles. The van der Waals surface area contributed by atoms with Gasteiger partial charge >= 0.3 is 0 Å². The van der Waals surface area contributed by atoms with Crippen LogP contribution >= 0.6 is 0 Å². The molecule has 0 amide bonds. The number of anilines is 1. The Morgan fingerprint density at radius 1 is 1.21 bits per heavy atom. The second kappa shape index (κ2) is 5.63. The highest BCUT2D eigenvalue weighted by Crippen LogP contribution is 2.17. The molecule has 0 aliphatic heterocycles.